The molecule has 2 aliphatic rings. The number of hydrogen-bond donors (Lipinski definition) is 1. The maximum Gasteiger partial charge on any atom is 0.0726 e. The molecule has 2 unspecified atom stereocenters. The van der Waals surface area contributed by atoms with Crippen molar-refractivity contribution in [2.24, 2.45) is 0 Å². The second-order valence-corrected chi connectivity index (χ2v) is 4.49. The molecule has 3 nitrogen and oxygen atoms in total. The van der Waals surface area contributed by atoms with Crippen LogP contribution in [0.4, 0.5) is 0 Å². The van der Waals surface area contributed by atoms with Crippen molar-refractivity contribution in [2.75, 3.05) is 20.3 Å². The molecule has 82 valence electrons. The summed E-state index contributed by atoms with van der Waals surface area (Å²) in [5, 5.41) is 9.27. The summed E-state index contributed by atoms with van der Waals surface area (Å²) in [5.74, 6) is 0. The molecule has 1 aliphatic carbocycles. The van der Waals surface area contributed by atoms with E-state index in [1.54, 1.807) is 0 Å². The van der Waals surface area contributed by atoms with Gasteiger partial charge in [0, 0.05) is 19.2 Å². The van der Waals surface area contributed by atoms with E-state index in [-0.39, 0.29) is 0 Å². The largest absolute Gasteiger partial charge is 0.395 e. The number of aliphatic hydroxyl groups is 1. The Kier molecular flexibility index (Phi) is 3.42. The standard InChI is InChI=1S/C11H21NO2/c1-14-11-6-2-5-10(11)12-7-3-4-9(12)8-13/h9-11,13H,2-8H2,1H3/t9-,10?,11?/m0/s1. The topological polar surface area (TPSA) is 32.7 Å². The molecule has 0 bridgehead atoms. The molecular formula is C11H21NO2. The minimum Gasteiger partial charge on any atom is -0.395 e. The fourth-order valence-electron chi connectivity index (χ4n) is 3.05. The second-order valence-electron chi connectivity index (χ2n) is 4.49. The van der Waals surface area contributed by atoms with Crippen LogP contribution in [0.5, 0.6) is 0 Å². The number of likely N-dealkylation sites (tertiary alicyclic amines) is 1. The molecule has 1 saturated carbocycles. The molecule has 14 heavy (non-hydrogen) atoms. The Bertz CT molecular complexity index is 166. The summed E-state index contributed by atoms with van der Waals surface area (Å²) in [6.07, 6.45) is 6.51. The van der Waals surface area contributed by atoms with Crippen molar-refractivity contribution in [1.82, 2.24) is 4.90 Å². The molecule has 0 amide bonds. The van der Waals surface area contributed by atoms with Gasteiger partial charge in [0.25, 0.3) is 0 Å². The first kappa shape index (κ1) is 10.4. The monoisotopic (exact) mass is 199 g/mol. The minimum atomic E-state index is 0.312. The van der Waals surface area contributed by atoms with Crippen LogP contribution in [0.25, 0.3) is 0 Å². The number of ether oxygens (including phenoxy) is 1. The first-order valence-corrected chi connectivity index (χ1v) is 5.76. The van der Waals surface area contributed by atoms with Crippen LogP contribution in [-0.2, 0) is 4.74 Å². The van der Waals surface area contributed by atoms with Crippen LogP contribution in [-0.4, -0.2) is 48.5 Å². The fraction of sp³-hybridized carbons (Fsp3) is 1.00. The van der Waals surface area contributed by atoms with Crippen molar-refractivity contribution in [2.45, 2.75) is 50.3 Å². The van der Waals surface area contributed by atoms with Gasteiger partial charge < -0.3 is 9.84 Å². The SMILES string of the molecule is COC1CCCC1N1CCC[C@H]1CO. The lowest BCUT2D eigenvalue weighted by atomic mass is 10.1. The normalized spacial score (nSPS) is 39.4. The zero-order valence-corrected chi connectivity index (χ0v) is 8.98. The van der Waals surface area contributed by atoms with Crippen LogP contribution in [0.2, 0.25) is 0 Å². The van der Waals surface area contributed by atoms with E-state index in [9.17, 15) is 5.11 Å². The number of aliphatic hydroxyl groups excluding tert-OH is 1. The molecule has 3 atom stereocenters. The molecule has 2 rings (SSSR count). The first-order chi connectivity index (χ1) is 6.86. The zero-order valence-electron chi connectivity index (χ0n) is 8.98. The third kappa shape index (κ3) is 1.81. The Morgan fingerprint density at radius 3 is 2.86 bits per heavy atom. The average Bonchev–Trinajstić information content (AvgIpc) is 2.85. The second kappa shape index (κ2) is 4.60. The van der Waals surface area contributed by atoms with E-state index >= 15 is 0 Å². The van der Waals surface area contributed by atoms with Gasteiger partial charge in [-0.15, -0.1) is 0 Å². The summed E-state index contributed by atoms with van der Waals surface area (Å²) in [5.41, 5.74) is 0. The first-order valence-electron chi connectivity index (χ1n) is 5.76. The summed E-state index contributed by atoms with van der Waals surface area (Å²) < 4.78 is 5.51. The van der Waals surface area contributed by atoms with Gasteiger partial charge in [0.15, 0.2) is 0 Å². The highest BCUT2D eigenvalue weighted by Crippen LogP contribution is 2.31. The molecule has 0 aromatic carbocycles. The van der Waals surface area contributed by atoms with Crippen molar-refractivity contribution in [3.05, 3.63) is 0 Å². The summed E-state index contributed by atoms with van der Waals surface area (Å²) in [6.45, 7) is 1.46. The predicted octanol–water partition coefficient (Wildman–Crippen LogP) is 1.01. The molecule has 1 aliphatic heterocycles. The molecular weight excluding hydrogens is 178 g/mol. The lowest BCUT2D eigenvalue weighted by Crippen LogP contribution is -2.45. The van der Waals surface area contributed by atoms with Gasteiger partial charge in [0.1, 0.15) is 0 Å². The van der Waals surface area contributed by atoms with Crippen LogP contribution in [0.15, 0.2) is 0 Å². The maximum atomic E-state index is 9.27. The molecule has 1 N–H and O–H groups in total. The lowest BCUT2D eigenvalue weighted by molar-refractivity contribution is 0.0171. The van der Waals surface area contributed by atoms with Gasteiger partial charge in [-0.2, -0.15) is 0 Å². The van der Waals surface area contributed by atoms with Gasteiger partial charge in [-0.25, -0.2) is 0 Å². The van der Waals surface area contributed by atoms with E-state index in [0.29, 0.717) is 24.8 Å². The lowest BCUT2D eigenvalue weighted by Gasteiger charge is -2.32. The highest BCUT2D eigenvalue weighted by atomic mass is 16.5. The van der Waals surface area contributed by atoms with E-state index < -0.39 is 0 Å². The van der Waals surface area contributed by atoms with Gasteiger partial charge in [-0.3, -0.25) is 4.90 Å². The number of nitrogens with zero attached hydrogens (tertiary/aromatic N) is 1. The van der Waals surface area contributed by atoms with Crippen LogP contribution in [0.3, 0.4) is 0 Å². The van der Waals surface area contributed by atoms with Gasteiger partial charge in [0.2, 0.25) is 0 Å². The Hall–Kier alpha value is -0.120. The minimum absolute atomic E-state index is 0.312. The van der Waals surface area contributed by atoms with Crippen LogP contribution >= 0.6 is 0 Å². The van der Waals surface area contributed by atoms with Crippen LogP contribution < -0.4 is 0 Å². The van der Waals surface area contributed by atoms with Crippen LogP contribution in [0, 0.1) is 0 Å². The Balaban J connectivity index is 1.98. The highest BCUT2D eigenvalue weighted by molar-refractivity contribution is 4.92. The fourth-order valence-corrected chi connectivity index (χ4v) is 3.05. The molecule has 1 heterocycles. The Morgan fingerprint density at radius 1 is 1.29 bits per heavy atom. The maximum absolute atomic E-state index is 9.27. The van der Waals surface area contributed by atoms with Crippen LogP contribution in [0.1, 0.15) is 32.1 Å². The molecule has 3 heteroatoms. The summed E-state index contributed by atoms with van der Waals surface area (Å²) >= 11 is 0. The third-order valence-electron chi connectivity index (χ3n) is 3.78. The average molecular weight is 199 g/mol. The van der Waals surface area contributed by atoms with Gasteiger partial charge >= 0.3 is 0 Å². The number of rotatable bonds is 3. The molecule has 0 aromatic rings. The van der Waals surface area contributed by atoms with Crippen molar-refractivity contribution < 1.29 is 9.84 Å². The highest BCUT2D eigenvalue weighted by Gasteiger charge is 2.37. The van der Waals surface area contributed by atoms with E-state index in [2.05, 4.69) is 4.90 Å². The van der Waals surface area contributed by atoms with Gasteiger partial charge in [0.05, 0.1) is 12.7 Å². The molecule has 2 fully saturated rings. The van der Waals surface area contributed by atoms with Crippen molar-refractivity contribution in [3.8, 4) is 0 Å². The summed E-state index contributed by atoms with van der Waals surface area (Å²) in [4.78, 5) is 2.47. The zero-order chi connectivity index (χ0) is 9.97. The number of methoxy groups -OCH3 is 1. The van der Waals surface area contributed by atoms with E-state index in [1.165, 1.54) is 25.7 Å². The molecule has 1 saturated heterocycles. The van der Waals surface area contributed by atoms with E-state index in [1.807, 2.05) is 7.11 Å². The number of hydrogen-bond acceptors (Lipinski definition) is 3. The van der Waals surface area contributed by atoms with Gasteiger partial charge in [-0.05, 0) is 38.6 Å². The van der Waals surface area contributed by atoms with E-state index in [4.69, 9.17) is 4.74 Å². The van der Waals surface area contributed by atoms with E-state index in [0.717, 1.165) is 13.0 Å². The van der Waals surface area contributed by atoms with Crippen molar-refractivity contribution >= 4 is 0 Å². The molecule has 0 spiro atoms. The quantitative estimate of drug-likeness (QED) is 0.736. The summed E-state index contributed by atoms with van der Waals surface area (Å²) in [6, 6.07) is 0.968. The van der Waals surface area contributed by atoms with Gasteiger partial charge in [-0.1, -0.05) is 0 Å². The Morgan fingerprint density at radius 2 is 2.14 bits per heavy atom. The predicted molar refractivity (Wildman–Crippen MR) is 55.2 cm³/mol. The Labute approximate surface area is 86.0 Å². The molecule has 0 radical (unpaired) electrons. The third-order valence-corrected chi connectivity index (χ3v) is 3.78. The smallest absolute Gasteiger partial charge is 0.0726 e. The molecule has 0 aromatic heterocycles. The van der Waals surface area contributed by atoms with Crippen molar-refractivity contribution in [3.63, 3.8) is 0 Å². The summed E-state index contributed by atoms with van der Waals surface area (Å²) in [7, 11) is 1.81. The van der Waals surface area contributed by atoms with Crippen molar-refractivity contribution in [1.29, 1.82) is 0 Å².